The van der Waals surface area contributed by atoms with Gasteiger partial charge in [-0.2, -0.15) is 0 Å². The summed E-state index contributed by atoms with van der Waals surface area (Å²) in [5, 5.41) is 4.22. The fraction of sp³-hybridized carbons (Fsp3) is 0.412. The molecule has 114 valence electrons. The van der Waals surface area contributed by atoms with Crippen molar-refractivity contribution in [2.75, 3.05) is 26.8 Å². The zero-order valence-corrected chi connectivity index (χ0v) is 13.1. The summed E-state index contributed by atoms with van der Waals surface area (Å²) in [6, 6.07) is 12.0. The Morgan fingerprint density at radius 2 is 2.14 bits per heavy atom. The molecule has 0 spiro atoms. The van der Waals surface area contributed by atoms with Gasteiger partial charge in [0.25, 0.3) is 0 Å². The van der Waals surface area contributed by atoms with E-state index in [0.29, 0.717) is 5.92 Å². The molecule has 0 aliphatic rings. The van der Waals surface area contributed by atoms with Gasteiger partial charge in [-0.15, -0.1) is 0 Å². The van der Waals surface area contributed by atoms with Crippen LogP contribution < -0.4 is 5.32 Å². The number of methoxy groups -OCH3 is 1. The highest BCUT2D eigenvalue weighted by Crippen LogP contribution is 2.17. The van der Waals surface area contributed by atoms with Crippen LogP contribution in [-0.2, 0) is 17.6 Å². The summed E-state index contributed by atoms with van der Waals surface area (Å²) in [7, 11) is 1.72. The molecule has 1 aromatic heterocycles. The van der Waals surface area contributed by atoms with Crippen molar-refractivity contribution in [1.82, 2.24) is 5.32 Å². The van der Waals surface area contributed by atoms with Crippen molar-refractivity contribution < 1.29 is 9.15 Å². The highest BCUT2D eigenvalue weighted by atomic mass is 35.5. The predicted molar refractivity (Wildman–Crippen MR) is 85.8 cm³/mol. The van der Waals surface area contributed by atoms with Crippen LogP contribution in [0.2, 0.25) is 5.02 Å². The van der Waals surface area contributed by atoms with Gasteiger partial charge in [0, 0.05) is 25.1 Å². The number of hydrogen-bond donors (Lipinski definition) is 1. The van der Waals surface area contributed by atoms with Crippen molar-refractivity contribution in [3.05, 3.63) is 59.0 Å². The number of ether oxygens (including phenoxy) is 1. The van der Waals surface area contributed by atoms with E-state index in [2.05, 4.69) is 11.4 Å². The summed E-state index contributed by atoms with van der Waals surface area (Å²) in [6.07, 6.45) is 3.62. The largest absolute Gasteiger partial charge is 0.469 e. The fourth-order valence-corrected chi connectivity index (χ4v) is 2.62. The summed E-state index contributed by atoms with van der Waals surface area (Å²) < 4.78 is 10.5. The van der Waals surface area contributed by atoms with Gasteiger partial charge in [0.05, 0.1) is 12.9 Å². The molecule has 1 unspecified atom stereocenters. The Bertz CT molecular complexity index is 513. The molecule has 0 amide bonds. The third kappa shape index (κ3) is 5.92. The molecular weight excluding hydrogens is 286 g/mol. The predicted octanol–water partition coefficient (Wildman–Crippen LogP) is 3.57. The number of benzene rings is 1. The Labute approximate surface area is 131 Å². The first-order valence-electron chi connectivity index (χ1n) is 7.24. The summed E-state index contributed by atoms with van der Waals surface area (Å²) in [4.78, 5) is 0. The van der Waals surface area contributed by atoms with E-state index < -0.39 is 0 Å². The fourth-order valence-electron chi connectivity index (χ4n) is 2.41. The molecule has 2 rings (SSSR count). The van der Waals surface area contributed by atoms with Crippen molar-refractivity contribution in [2.24, 2.45) is 5.92 Å². The second kappa shape index (κ2) is 8.88. The van der Waals surface area contributed by atoms with Crippen LogP contribution in [0.15, 0.2) is 47.1 Å². The quantitative estimate of drug-likeness (QED) is 0.719. The molecule has 0 fully saturated rings. The van der Waals surface area contributed by atoms with E-state index >= 15 is 0 Å². The second-order valence-electron chi connectivity index (χ2n) is 5.18. The number of furan rings is 1. The Morgan fingerprint density at radius 1 is 1.24 bits per heavy atom. The van der Waals surface area contributed by atoms with E-state index in [1.165, 1.54) is 5.56 Å². The first kappa shape index (κ1) is 16.1. The third-order valence-corrected chi connectivity index (χ3v) is 3.63. The highest BCUT2D eigenvalue weighted by Gasteiger charge is 2.12. The molecule has 0 saturated heterocycles. The molecule has 3 nitrogen and oxygen atoms in total. The number of rotatable bonds is 9. The number of nitrogens with one attached hydrogen (secondary N) is 1. The molecule has 1 N–H and O–H groups in total. The second-order valence-corrected chi connectivity index (χ2v) is 5.62. The van der Waals surface area contributed by atoms with Gasteiger partial charge in [-0.05, 0) is 48.7 Å². The molecule has 1 atom stereocenters. The van der Waals surface area contributed by atoms with Crippen molar-refractivity contribution >= 4 is 11.6 Å². The lowest BCUT2D eigenvalue weighted by molar-refractivity contribution is 0.197. The van der Waals surface area contributed by atoms with E-state index in [1.807, 2.05) is 30.3 Å². The molecule has 4 heteroatoms. The average Bonchev–Trinajstić information content (AvgIpc) is 2.96. The van der Waals surface area contributed by atoms with Gasteiger partial charge >= 0.3 is 0 Å². The van der Waals surface area contributed by atoms with E-state index in [0.717, 1.165) is 43.3 Å². The minimum atomic E-state index is 0.464. The van der Waals surface area contributed by atoms with Gasteiger partial charge in [0.15, 0.2) is 0 Å². The van der Waals surface area contributed by atoms with Gasteiger partial charge < -0.3 is 14.5 Å². The summed E-state index contributed by atoms with van der Waals surface area (Å²) >= 11 is 6.07. The lowest BCUT2D eigenvalue weighted by atomic mass is 9.95. The first-order valence-corrected chi connectivity index (χ1v) is 7.62. The summed E-state index contributed by atoms with van der Waals surface area (Å²) in [5.41, 5.74) is 1.26. The van der Waals surface area contributed by atoms with E-state index in [9.17, 15) is 0 Å². The van der Waals surface area contributed by atoms with Gasteiger partial charge in [-0.3, -0.25) is 0 Å². The van der Waals surface area contributed by atoms with Crippen LogP contribution in [0.1, 0.15) is 11.3 Å². The summed E-state index contributed by atoms with van der Waals surface area (Å²) in [6.45, 7) is 2.52. The smallest absolute Gasteiger partial charge is 0.104 e. The van der Waals surface area contributed by atoms with Gasteiger partial charge in [-0.1, -0.05) is 23.7 Å². The third-order valence-electron chi connectivity index (χ3n) is 3.40. The maximum Gasteiger partial charge on any atom is 0.104 e. The molecule has 0 saturated carbocycles. The Balaban J connectivity index is 1.93. The first-order chi connectivity index (χ1) is 10.3. The van der Waals surface area contributed by atoms with Crippen LogP contribution >= 0.6 is 11.6 Å². The topological polar surface area (TPSA) is 34.4 Å². The van der Waals surface area contributed by atoms with Crippen LogP contribution in [0, 0.1) is 5.92 Å². The Hall–Kier alpha value is -1.29. The van der Waals surface area contributed by atoms with Crippen molar-refractivity contribution in [1.29, 1.82) is 0 Å². The Morgan fingerprint density at radius 3 is 2.86 bits per heavy atom. The number of hydrogen-bond acceptors (Lipinski definition) is 3. The molecule has 1 aromatic carbocycles. The van der Waals surface area contributed by atoms with Crippen LogP contribution in [0.4, 0.5) is 0 Å². The molecule has 0 radical (unpaired) electrons. The standard InChI is InChI=1S/C17H22ClNO2/c1-20-9-7-19-13-15(12-17-6-3-8-21-17)10-14-4-2-5-16(18)11-14/h2-6,8,11,15,19H,7,9-10,12-13H2,1H3. The maximum atomic E-state index is 6.07. The molecule has 0 aliphatic heterocycles. The Kier molecular flexibility index (Phi) is 6.80. The molecule has 0 bridgehead atoms. The van der Waals surface area contributed by atoms with Gasteiger partial charge in [0.1, 0.15) is 5.76 Å². The lowest BCUT2D eigenvalue weighted by Crippen LogP contribution is -2.28. The van der Waals surface area contributed by atoms with Crippen LogP contribution in [0.3, 0.4) is 0 Å². The molecular formula is C17H22ClNO2. The molecule has 2 aromatic rings. The SMILES string of the molecule is COCCNCC(Cc1cccc(Cl)c1)Cc1ccco1. The number of halogens is 1. The zero-order chi connectivity index (χ0) is 14.9. The normalized spacial score (nSPS) is 12.5. The van der Waals surface area contributed by atoms with Crippen molar-refractivity contribution in [3.63, 3.8) is 0 Å². The molecule has 1 heterocycles. The zero-order valence-electron chi connectivity index (χ0n) is 12.3. The minimum Gasteiger partial charge on any atom is -0.469 e. The van der Waals surface area contributed by atoms with Crippen molar-refractivity contribution in [2.45, 2.75) is 12.8 Å². The highest BCUT2D eigenvalue weighted by molar-refractivity contribution is 6.30. The van der Waals surface area contributed by atoms with Gasteiger partial charge in [-0.25, -0.2) is 0 Å². The van der Waals surface area contributed by atoms with E-state index in [1.54, 1.807) is 13.4 Å². The van der Waals surface area contributed by atoms with Crippen LogP contribution in [0.5, 0.6) is 0 Å². The average molecular weight is 308 g/mol. The summed E-state index contributed by atoms with van der Waals surface area (Å²) in [5.74, 6) is 1.49. The van der Waals surface area contributed by atoms with E-state index in [4.69, 9.17) is 20.8 Å². The van der Waals surface area contributed by atoms with E-state index in [-0.39, 0.29) is 0 Å². The monoisotopic (exact) mass is 307 g/mol. The van der Waals surface area contributed by atoms with Crippen LogP contribution in [-0.4, -0.2) is 26.8 Å². The maximum absolute atomic E-state index is 6.07. The molecule has 0 aliphatic carbocycles. The minimum absolute atomic E-state index is 0.464. The lowest BCUT2D eigenvalue weighted by Gasteiger charge is -2.17. The molecule has 21 heavy (non-hydrogen) atoms. The van der Waals surface area contributed by atoms with Crippen molar-refractivity contribution in [3.8, 4) is 0 Å². The van der Waals surface area contributed by atoms with Crippen LogP contribution in [0.25, 0.3) is 0 Å². The van der Waals surface area contributed by atoms with Gasteiger partial charge in [0.2, 0.25) is 0 Å².